The van der Waals surface area contributed by atoms with E-state index in [0.717, 1.165) is 43.1 Å². The number of aryl methyl sites for hydroxylation is 1. The predicted octanol–water partition coefficient (Wildman–Crippen LogP) is 8.14. The second-order valence-corrected chi connectivity index (χ2v) is 11.4. The summed E-state index contributed by atoms with van der Waals surface area (Å²) in [6, 6.07) is 21.5. The number of nitrogens with one attached hydrogen (secondary N) is 1. The van der Waals surface area contributed by atoms with Crippen molar-refractivity contribution in [2.75, 3.05) is 28.2 Å². The number of piperidine rings is 1. The smallest absolute Gasteiger partial charge is 0.372 e. The van der Waals surface area contributed by atoms with Gasteiger partial charge in [-0.2, -0.15) is 13.2 Å². The third kappa shape index (κ3) is 7.15. The molecule has 0 bridgehead atoms. The molecule has 0 spiro atoms. The topological polar surface area (TPSA) is 57.6 Å². The lowest BCUT2D eigenvalue weighted by molar-refractivity contribution is -0.137. The standard InChI is InChI=1S/C35H37F3N4O2/c1-3-6-25-17-19-41(20-18-25)30-15-9-26(10-16-30)22-42(24-43)33-21-29(23-40(33)2)39-34(44)32-8-5-4-7-31(32)27-11-13-28(14-12-27)35(36,37)38/h4-5,7-16,21,23-25H,3,6,17-20,22H2,1-2H3,(H,39,44). The van der Waals surface area contributed by atoms with Crippen LogP contribution in [0, 0.1) is 5.92 Å². The van der Waals surface area contributed by atoms with Crippen LogP contribution in [0.25, 0.3) is 11.1 Å². The highest BCUT2D eigenvalue weighted by Crippen LogP contribution is 2.33. The Morgan fingerprint density at radius 2 is 1.68 bits per heavy atom. The van der Waals surface area contributed by atoms with Gasteiger partial charge in [0.15, 0.2) is 0 Å². The minimum absolute atomic E-state index is 0.319. The molecule has 0 aliphatic carbocycles. The van der Waals surface area contributed by atoms with Crippen LogP contribution in [0.2, 0.25) is 0 Å². The van der Waals surface area contributed by atoms with Crippen molar-refractivity contribution in [1.29, 1.82) is 0 Å². The molecule has 1 N–H and O–H groups in total. The molecule has 1 saturated heterocycles. The van der Waals surface area contributed by atoms with Gasteiger partial charge in [0.25, 0.3) is 5.91 Å². The lowest BCUT2D eigenvalue weighted by Crippen LogP contribution is -2.33. The van der Waals surface area contributed by atoms with E-state index in [1.54, 1.807) is 53.0 Å². The normalized spacial score (nSPS) is 14.0. The fourth-order valence-electron chi connectivity index (χ4n) is 5.95. The first-order valence-corrected chi connectivity index (χ1v) is 15.0. The van der Waals surface area contributed by atoms with Crippen molar-refractivity contribution in [3.05, 3.63) is 102 Å². The van der Waals surface area contributed by atoms with Crippen LogP contribution in [-0.4, -0.2) is 30.0 Å². The summed E-state index contributed by atoms with van der Waals surface area (Å²) in [5.41, 5.74) is 3.25. The van der Waals surface area contributed by atoms with Gasteiger partial charge in [-0.15, -0.1) is 0 Å². The summed E-state index contributed by atoms with van der Waals surface area (Å²) in [5, 5.41) is 2.87. The monoisotopic (exact) mass is 602 g/mol. The Morgan fingerprint density at radius 3 is 2.32 bits per heavy atom. The number of carbonyl (C=O) groups is 2. The first-order chi connectivity index (χ1) is 21.2. The first-order valence-electron chi connectivity index (χ1n) is 15.0. The summed E-state index contributed by atoms with van der Waals surface area (Å²) < 4.78 is 40.9. The van der Waals surface area contributed by atoms with Gasteiger partial charge in [-0.1, -0.05) is 62.2 Å². The zero-order valence-corrected chi connectivity index (χ0v) is 25.0. The summed E-state index contributed by atoms with van der Waals surface area (Å²) in [7, 11) is 1.79. The first kappa shape index (κ1) is 30.9. The fourth-order valence-corrected chi connectivity index (χ4v) is 5.95. The molecule has 1 aliphatic heterocycles. The van der Waals surface area contributed by atoms with Gasteiger partial charge in [-0.05, 0) is 65.8 Å². The third-order valence-corrected chi connectivity index (χ3v) is 8.32. The molecule has 3 aromatic carbocycles. The number of halogens is 3. The van der Waals surface area contributed by atoms with Crippen LogP contribution in [0.4, 0.5) is 30.4 Å². The number of anilines is 3. The number of hydrogen-bond acceptors (Lipinski definition) is 3. The molecule has 2 amide bonds. The molecule has 1 aromatic heterocycles. The van der Waals surface area contributed by atoms with E-state index in [0.29, 0.717) is 34.7 Å². The molecule has 0 saturated carbocycles. The Labute approximate surface area is 256 Å². The van der Waals surface area contributed by atoms with Crippen LogP contribution in [0.15, 0.2) is 85.1 Å². The van der Waals surface area contributed by atoms with E-state index in [2.05, 4.69) is 29.3 Å². The van der Waals surface area contributed by atoms with E-state index in [-0.39, 0.29) is 0 Å². The van der Waals surface area contributed by atoms with Gasteiger partial charge < -0.3 is 14.8 Å². The molecule has 0 radical (unpaired) electrons. The molecule has 6 nitrogen and oxygen atoms in total. The van der Waals surface area contributed by atoms with Gasteiger partial charge >= 0.3 is 6.18 Å². The van der Waals surface area contributed by atoms with E-state index in [4.69, 9.17) is 0 Å². The minimum atomic E-state index is -4.44. The molecule has 5 rings (SSSR count). The minimum Gasteiger partial charge on any atom is -0.372 e. The predicted molar refractivity (Wildman–Crippen MR) is 169 cm³/mol. The molecular weight excluding hydrogens is 565 g/mol. The Hall–Kier alpha value is -4.53. The number of carbonyl (C=O) groups excluding carboxylic acids is 2. The maximum absolute atomic E-state index is 13.3. The maximum atomic E-state index is 13.3. The van der Waals surface area contributed by atoms with Crippen LogP contribution in [0.3, 0.4) is 0 Å². The highest BCUT2D eigenvalue weighted by molar-refractivity contribution is 6.09. The number of alkyl halides is 3. The van der Waals surface area contributed by atoms with E-state index in [9.17, 15) is 22.8 Å². The lowest BCUT2D eigenvalue weighted by Gasteiger charge is -2.33. The molecule has 0 unspecified atom stereocenters. The Kier molecular flexibility index (Phi) is 9.42. The average molecular weight is 603 g/mol. The number of benzene rings is 3. The molecular formula is C35H37F3N4O2. The summed E-state index contributed by atoms with van der Waals surface area (Å²) in [6.45, 7) is 4.74. The van der Waals surface area contributed by atoms with Crippen LogP contribution >= 0.6 is 0 Å². The van der Waals surface area contributed by atoms with Crippen molar-refractivity contribution >= 4 is 29.5 Å². The second-order valence-electron chi connectivity index (χ2n) is 11.4. The summed E-state index contributed by atoms with van der Waals surface area (Å²) in [4.78, 5) is 29.5. The van der Waals surface area contributed by atoms with Crippen LogP contribution < -0.4 is 15.1 Å². The summed E-state index contributed by atoms with van der Waals surface area (Å²) >= 11 is 0. The van der Waals surface area contributed by atoms with E-state index in [1.807, 2.05) is 12.1 Å². The summed E-state index contributed by atoms with van der Waals surface area (Å²) in [6.07, 6.45) is 3.03. The number of rotatable bonds is 10. The third-order valence-electron chi connectivity index (χ3n) is 8.32. The van der Waals surface area contributed by atoms with Crippen LogP contribution in [-0.2, 0) is 24.6 Å². The summed E-state index contributed by atoms with van der Waals surface area (Å²) in [5.74, 6) is 1.02. The molecule has 230 valence electrons. The second kappa shape index (κ2) is 13.4. The van der Waals surface area contributed by atoms with Crippen molar-refractivity contribution < 1.29 is 22.8 Å². The molecule has 44 heavy (non-hydrogen) atoms. The van der Waals surface area contributed by atoms with Crippen LogP contribution in [0.1, 0.15) is 54.1 Å². The van der Waals surface area contributed by atoms with Gasteiger partial charge in [-0.3, -0.25) is 14.5 Å². The van der Waals surface area contributed by atoms with Crippen molar-refractivity contribution in [1.82, 2.24) is 4.57 Å². The molecule has 1 aliphatic rings. The largest absolute Gasteiger partial charge is 0.416 e. The average Bonchev–Trinajstić information content (AvgIpc) is 3.39. The SMILES string of the molecule is CCCC1CCN(c2ccc(CN(C=O)c3cc(NC(=O)c4ccccc4-c4ccc(C(F)(F)F)cc4)cn3C)cc2)CC1. The zero-order chi connectivity index (χ0) is 31.3. The Balaban J connectivity index is 1.26. The van der Waals surface area contributed by atoms with E-state index in [1.165, 1.54) is 43.5 Å². The molecule has 0 atom stereocenters. The lowest BCUT2D eigenvalue weighted by atomic mass is 9.92. The van der Waals surface area contributed by atoms with Gasteiger partial charge in [0.2, 0.25) is 6.41 Å². The van der Waals surface area contributed by atoms with Gasteiger partial charge in [-0.25, -0.2) is 0 Å². The van der Waals surface area contributed by atoms with E-state index >= 15 is 0 Å². The molecule has 4 aromatic rings. The molecule has 9 heteroatoms. The number of aromatic nitrogens is 1. The fraction of sp³-hybridized carbons (Fsp3) is 0.314. The Bertz CT molecular complexity index is 1570. The highest BCUT2D eigenvalue weighted by atomic mass is 19.4. The van der Waals surface area contributed by atoms with Crippen LogP contribution in [0.5, 0.6) is 0 Å². The number of amides is 2. The number of hydrogen-bond donors (Lipinski definition) is 1. The molecule has 2 heterocycles. The van der Waals surface area contributed by atoms with Crippen molar-refractivity contribution in [2.45, 2.75) is 45.3 Å². The zero-order valence-electron chi connectivity index (χ0n) is 25.0. The van der Waals surface area contributed by atoms with Gasteiger partial charge in [0.05, 0.1) is 17.8 Å². The maximum Gasteiger partial charge on any atom is 0.416 e. The highest BCUT2D eigenvalue weighted by Gasteiger charge is 2.30. The number of nitrogens with zero attached hydrogens (tertiary/aromatic N) is 3. The van der Waals surface area contributed by atoms with E-state index < -0.39 is 17.6 Å². The van der Waals surface area contributed by atoms with Crippen molar-refractivity contribution in [3.8, 4) is 11.1 Å². The molecule has 1 fully saturated rings. The van der Waals surface area contributed by atoms with Crippen molar-refractivity contribution in [3.63, 3.8) is 0 Å². The van der Waals surface area contributed by atoms with Crippen molar-refractivity contribution in [2.24, 2.45) is 13.0 Å². The van der Waals surface area contributed by atoms with Gasteiger partial charge in [0.1, 0.15) is 5.82 Å². The van der Waals surface area contributed by atoms with Gasteiger partial charge in [0, 0.05) is 43.7 Å². The Morgan fingerprint density at radius 1 is 1.00 bits per heavy atom. The quantitative estimate of drug-likeness (QED) is 0.187.